The number of amides is 3. The quantitative estimate of drug-likeness (QED) is 0.271. The number of imide groups is 1. The van der Waals surface area contributed by atoms with E-state index in [0.717, 1.165) is 4.90 Å². The van der Waals surface area contributed by atoms with Crippen LogP contribution in [0.25, 0.3) is 10.2 Å². The lowest BCUT2D eigenvalue weighted by atomic mass is 10.2. The van der Waals surface area contributed by atoms with Crippen LogP contribution in [0.2, 0.25) is 0 Å². The molecular weight excluding hydrogens is 420 g/mol. The summed E-state index contributed by atoms with van der Waals surface area (Å²) < 4.78 is 2.25. The van der Waals surface area contributed by atoms with Crippen LogP contribution in [-0.2, 0) is 16.1 Å². The summed E-state index contributed by atoms with van der Waals surface area (Å²) in [5, 5.41) is 11.1. The molecule has 154 valence electrons. The van der Waals surface area contributed by atoms with E-state index in [4.69, 9.17) is 6.42 Å². The van der Waals surface area contributed by atoms with Crippen LogP contribution in [0, 0.1) is 22.5 Å². The average molecular weight is 434 g/mol. The summed E-state index contributed by atoms with van der Waals surface area (Å²) in [6.07, 6.45) is 5.72. The Bertz CT molecular complexity index is 1360. The molecule has 0 unspecified atom stereocenters. The molecule has 0 bridgehead atoms. The fraction of sp³-hybridized carbons (Fsp3) is 0.143. The number of anilines is 1. The number of nitro benzene ring substituents is 1. The number of nitrogens with zero attached hydrogens (tertiary/aromatic N) is 4. The minimum atomic E-state index is -0.590. The number of hydrogen-bond donors (Lipinski definition) is 0. The van der Waals surface area contributed by atoms with E-state index in [2.05, 4.69) is 10.9 Å². The molecule has 3 aromatic rings. The molecule has 9 nitrogen and oxygen atoms in total. The Balaban J connectivity index is 1.77. The summed E-state index contributed by atoms with van der Waals surface area (Å²) in [5.74, 6) is 1.25. The van der Waals surface area contributed by atoms with Crippen molar-refractivity contribution in [2.75, 3.05) is 4.90 Å². The van der Waals surface area contributed by atoms with Crippen molar-refractivity contribution in [2.45, 2.75) is 19.4 Å². The third kappa shape index (κ3) is 3.74. The van der Waals surface area contributed by atoms with Crippen LogP contribution in [0.5, 0.6) is 0 Å². The number of carbonyl (C=O) groups is 3. The second kappa shape index (κ2) is 7.97. The van der Waals surface area contributed by atoms with Gasteiger partial charge in [-0.3, -0.25) is 29.4 Å². The van der Waals surface area contributed by atoms with E-state index in [9.17, 15) is 24.5 Å². The molecule has 0 N–H and O–H groups in total. The van der Waals surface area contributed by atoms with Crippen molar-refractivity contribution >= 4 is 50.6 Å². The van der Waals surface area contributed by atoms with Gasteiger partial charge in [-0.1, -0.05) is 23.3 Å². The van der Waals surface area contributed by atoms with Crippen molar-refractivity contribution < 1.29 is 19.3 Å². The molecule has 2 heterocycles. The normalized spacial score (nSPS) is 14.3. The number of terminal acetylenes is 1. The van der Waals surface area contributed by atoms with Gasteiger partial charge in [0.15, 0.2) is 4.80 Å². The highest BCUT2D eigenvalue weighted by Crippen LogP contribution is 2.25. The first-order valence-electron chi connectivity index (χ1n) is 9.15. The van der Waals surface area contributed by atoms with Crippen LogP contribution in [0.3, 0.4) is 0 Å². The lowest BCUT2D eigenvalue weighted by molar-refractivity contribution is -0.384. The largest absolute Gasteiger partial charge is 0.304 e. The minimum absolute atomic E-state index is 0.0735. The number of aromatic nitrogens is 1. The van der Waals surface area contributed by atoms with Gasteiger partial charge in [0.05, 0.1) is 27.4 Å². The van der Waals surface area contributed by atoms with E-state index in [1.165, 1.54) is 35.6 Å². The summed E-state index contributed by atoms with van der Waals surface area (Å²) in [5.41, 5.74) is 0.921. The van der Waals surface area contributed by atoms with Gasteiger partial charge in [-0.15, -0.1) is 6.42 Å². The predicted molar refractivity (Wildman–Crippen MR) is 113 cm³/mol. The maximum Gasteiger partial charge on any atom is 0.279 e. The first-order valence-corrected chi connectivity index (χ1v) is 9.97. The number of non-ortho nitro benzene ring substituents is 1. The molecule has 1 fully saturated rings. The van der Waals surface area contributed by atoms with Crippen LogP contribution in [0.15, 0.2) is 47.5 Å². The number of hydrogen-bond acceptors (Lipinski definition) is 6. The molecule has 0 spiro atoms. The van der Waals surface area contributed by atoms with E-state index in [1.54, 1.807) is 22.8 Å². The summed E-state index contributed by atoms with van der Waals surface area (Å²) in [4.78, 5) is 52.9. The second-order valence-electron chi connectivity index (χ2n) is 6.67. The fourth-order valence-electron chi connectivity index (χ4n) is 3.29. The summed E-state index contributed by atoms with van der Waals surface area (Å²) in [6.45, 7) is 0.0735. The molecule has 10 heteroatoms. The third-order valence-electron chi connectivity index (χ3n) is 4.73. The van der Waals surface area contributed by atoms with Crippen LogP contribution in [0.1, 0.15) is 23.2 Å². The topological polar surface area (TPSA) is 115 Å². The Morgan fingerprint density at radius 2 is 1.94 bits per heavy atom. The van der Waals surface area contributed by atoms with Crippen molar-refractivity contribution in [3.8, 4) is 12.3 Å². The van der Waals surface area contributed by atoms with Gasteiger partial charge in [0.2, 0.25) is 11.8 Å². The maximum atomic E-state index is 12.8. The monoisotopic (exact) mass is 434 g/mol. The average Bonchev–Trinajstić information content (AvgIpc) is 3.27. The Hall–Kier alpha value is -4.10. The van der Waals surface area contributed by atoms with E-state index in [0.29, 0.717) is 15.9 Å². The lowest BCUT2D eigenvalue weighted by Crippen LogP contribution is -2.28. The zero-order valence-corrected chi connectivity index (χ0v) is 16.8. The zero-order valence-electron chi connectivity index (χ0n) is 16.0. The Morgan fingerprint density at radius 1 is 1.19 bits per heavy atom. The number of thiazole rings is 1. The van der Waals surface area contributed by atoms with Crippen LogP contribution >= 0.6 is 11.3 Å². The summed E-state index contributed by atoms with van der Waals surface area (Å²) in [7, 11) is 0. The SMILES string of the molecule is C#CCn1c(=NC(=O)c2cccc(N3C(=O)CCC3=O)c2)sc2ccc([N+](=O)[O-])cc21. The smallest absolute Gasteiger partial charge is 0.279 e. The number of rotatable bonds is 4. The first kappa shape index (κ1) is 20.2. The van der Waals surface area contributed by atoms with E-state index in [-0.39, 0.29) is 47.3 Å². The fourth-order valence-corrected chi connectivity index (χ4v) is 4.30. The number of carbonyl (C=O) groups excluding carboxylic acids is 3. The molecule has 0 radical (unpaired) electrons. The van der Waals surface area contributed by atoms with E-state index < -0.39 is 10.8 Å². The number of nitro groups is 1. The first-order chi connectivity index (χ1) is 14.9. The molecule has 31 heavy (non-hydrogen) atoms. The Morgan fingerprint density at radius 3 is 2.61 bits per heavy atom. The van der Waals surface area contributed by atoms with Crippen molar-refractivity contribution in [3.05, 3.63) is 62.9 Å². The van der Waals surface area contributed by atoms with Crippen molar-refractivity contribution in [1.82, 2.24) is 4.57 Å². The third-order valence-corrected chi connectivity index (χ3v) is 5.79. The Kier molecular flexibility index (Phi) is 5.19. The van der Waals surface area contributed by atoms with Crippen molar-refractivity contribution in [3.63, 3.8) is 0 Å². The molecule has 3 amide bonds. The maximum absolute atomic E-state index is 12.8. The predicted octanol–water partition coefficient (Wildman–Crippen LogP) is 2.64. The molecular formula is C21H14N4O5S. The molecule has 4 rings (SSSR count). The number of benzene rings is 2. The molecule has 1 aromatic heterocycles. The van der Waals surface area contributed by atoms with Gasteiger partial charge in [0.25, 0.3) is 11.6 Å². The highest BCUT2D eigenvalue weighted by atomic mass is 32.1. The van der Waals surface area contributed by atoms with E-state index >= 15 is 0 Å². The van der Waals surface area contributed by atoms with Gasteiger partial charge in [0.1, 0.15) is 0 Å². The molecule has 1 aliphatic rings. The van der Waals surface area contributed by atoms with Gasteiger partial charge < -0.3 is 4.57 Å². The highest BCUT2D eigenvalue weighted by Gasteiger charge is 2.30. The molecule has 2 aromatic carbocycles. The molecule has 1 saturated heterocycles. The molecule has 0 atom stereocenters. The zero-order chi connectivity index (χ0) is 22.1. The van der Waals surface area contributed by atoms with E-state index in [1.807, 2.05) is 0 Å². The standard InChI is InChI=1S/C21H14N4O5S/c1-2-10-23-16-12-15(25(29)30)6-7-17(16)31-21(23)22-20(28)13-4-3-5-14(11-13)24-18(26)8-9-19(24)27/h1,3-7,11-12H,8-10H2. The van der Waals surface area contributed by atoms with Gasteiger partial charge >= 0.3 is 0 Å². The van der Waals surface area contributed by atoms with Gasteiger partial charge in [-0.2, -0.15) is 4.99 Å². The van der Waals surface area contributed by atoms with Crippen molar-refractivity contribution in [1.29, 1.82) is 0 Å². The molecule has 0 saturated carbocycles. The minimum Gasteiger partial charge on any atom is -0.304 e. The Labute approximate surface area is 179 Å². The molecule has 0 aliphatic carbocycles. The lowest BCUT2D eigenvalue weighted by Gasteiger charge is -2.14. The highest BCUT2D eigenvalue weighted by molar-refractivity contribution is 7.16. The van der Waals surface area contributed by atoms with Gasteiger partial charge in [0, 0.05) is 30.5 Å². The summed E-state index contributed by atoms with van der Waals surface area (Å²) in [6, 6.07) is 10.5. The van der Waals surface area contributed by atoms with Crippen molar-refractivity contribution in [2.24, 2.45) is 4.99 Å². The van der Waals surface area contributed by atoms with Gasteiger partial charge in [-0.25, -0.2) is 0 Å². The van der Waals surface area contributed by atoms with Crippen LogP contribution in [-0.4, -0.2) is 27.2 Å². The summed E-state index contributed by atoms with van der Waals surface area (Å²) >= 11 is 1.18. The number of fused-ring (bicyclic) bond motifs is 1. The van der Waals surface area contributed by atoms with Crippen LogP contribution in [0.4, 0.5) is 11.4 Å². The molecule has 1 aliphatic heterocycles. The van der Waals surface area contributed by atoms with Crippen LogP contribution < -0.4 is 9.70 Å². The second-order valence-corrected chi connectivity index (χ2v) is 7.68. The van der Waals surface area contributed by atoms with Gasteiger partial charge in [-0.05, 0) is 24.3 Å².